The summed E-state index contributed by atoms with van der Waals surface area (Å²) in [5.41, 5.74) is 6.95. The molecule has 0 aliphatic heterocycles. The first-order chi connectivity index (χ1) is 9.13. The van der Waals surface area contributed by atoms with Crippen LogP contribution < -0.4 is 5.73 Å². The minimum atomic E-state index is -0.0580. The molecule has 2 rings (SSSR count). The van der Waals surface area contributed by atoms with Gasteiger partial charge < -0.3 is 15.8 Å². The first kappa shape index (κ1) is 13.9. The van der Waals surface area contributed by atoms with E-state index in [4.69, 9.17) is 10.9 Å². The maximum atomic E-state index is 8.98. The molecule has 0 heterocycles. The minimum Gasteiger partial charge on any atom is -0.409 e. The van der Waals surface area contributed by atoms with Gasteiger partial charge in [0.15, 0.2) is 0 Å². The number of nitrogens with zero attached hydrogens (tertiary/aromatic N) is 2. The van der Waals surface area contributed by atoms with E-state index >= 15 is 0 Å². The summed E-state index contributed by atoms with van der Waals surface area (Å²) in [6.45, 7) is 3.03. The molecule has 19 heavy (non-hydrogen) atoms. The van der Waals surface area contributed by atoms with Gasteiger partial charge in [-0.25, -0.2) is 0 Å². The summed E-state index contributed by atoms with van der Waals surface area (Å²) in [6, 6.07) is 10.5. The topological polar surface area (TPSA) is 61.8 Å². The van der Waals surface area contributed by atoms with E-state index in [9.17, 15) is 0 Å². The van der Waals surface area contributed by atoms with Crippen molar-refractivity contribution in [3.05, 3.63) is 35.9 Å². The highest BCUT2D eigenvalue weighted by Gasteiger charge is 2.32. The first-order valence-corrected chi connectivity index (χ1v) is 6.86. The quantitative estimate of drug-likeness (QED) is 0.357. The summed E-state index contributed by atoms with van der Waals surface area (Å²) in [4.78, 5) is 2.31. The van der Waals surface area contributed by atoms with Gasteiger partial charge in [0.25, 0.3) is 0 Å². The molecule has 0 saturated heterocycles. The van der Waals surface area contributed by atoms with Crippen LogP contribution in [-0.2, 0) is 0 Å². The van der Waals surface area contributed by atoms with Crippen molar-refractivity contribution < 1.29 is 5.21 Å². The smallest absolute Gasteiger partial charge is 0.147 e. The fourth-order valence-electron chi connectivity index (χ4n) is 2.52. The highest BCUT2D eigenvalue weighted by Crippen LogP contribution is 2.35. The van der Waals surface area contributed by atoms with Crippen molar-refractivity contribution in [3.63, 3.8) is 0 Å². The molecule has 1 fully saturated rings. The Kier molecular flexibility index (Phi) is 4.43. The number of oxime groups is 1. The van der Waals surface area contributed by atoms with Crippen LogP contribution in [0.15, 0.2) is 35.5 Å². The van der Waals surface area contributed by atoms with Crippen LogP contribution in [0.25, 0.3) is 0 Å². The summed E-state index contributed by atoms with van der Waals surface area (Å²) in [5, 5.41) is 12.2. The van der Waals surface area contributed by atoms with Crippen molar-refractivity contribution in [2.75, 3.05) is 13.6 Å². The molecule has 0 spiro atoms. The average Bonchev–Trinajstić information content (AvgIpc) is 3.28. The van der Waals surface area contributed by atoms with Crippen LogP contribution in [0, 0.1) is 5.92 Å². The maximum absolute atomic E-state index is 8.98. The molecule has 1 aliphatic rings. The van der Waals surface area contributed by atoms with Crippen LogP contribution >= 0.6 is 0 Å². The summed E-state index contributed by atoms with van der Waals surface area (Å²) in [5.74, 6) is 1.03. The molecule has 3 N–H and O–H groups in total. The monoisotopic (exact) mass is 261 g/mol. The predicted octanol–water partition coefficient (Wildman–Crippen LogP) is 2.25. The normalized spacial score (nSPS) is 19.4. The van der Waals surface area contributed by atoms with E-state index in [0.717, 1.165) is 18.0 Å². The Morgan fingerprint density at radius 2 is 2.05 bits per heavy atom. The predicted molar refractivity (Wildman–Crippen MR) is 77.4 cm³/mol. The van der Waals surface area contributed by atoms with Crippen LogP contribution in [0.5, 0.6) is 0 Å². The van der Waals surface area contributed by atoms with Crippen LogP contribution in [0.3, 0.4) is 0 Å². The van der Waals surface area contributed by atoms with E-state index in [1.54, 1.807) is 0 Å². The van der Waals surface area contributed by atoms with Gasteiger partial charge in [-0.15, -0.1) is 0 Å². The highest BCUT2D eigenvalue weighted by molar-refractivity contribution is 5.87. The molecule has 104 valence electrons. The van der Waals surface area contributed by atoms with Gasteiger partial charge in [-0.1, -0.05) is 35.5 Å². The van der Waals surface area contributed by atoms with E-state index < -0.39 is 0 Å². The minimum absolute atomic E-state index is 0.0580. The molecular weight excluding hydrogens is 238 g/mol. The van der Waals surface area contributed by atoms with Gasteiger partial charge in [-0.3, -0.25) is 0 Å². The lowest BCUT2D eigenvalue weighted by atomic mass is 9.96. The molecule has 1 aromatic carbocycles. The van der Waals surface area contributed by atoms with Crippen LogP contribution in [0.4, 0.5) is 0 Å². The number of benzene rings is 1. The van der Waals surface area contributed by atoms with Gasteiger partial charge in [0.05, 0.1) is 5.92 Å². The second-order valence-electron chi connectivity index (χ2n) is 5.51. The fourth-order valence-corrected chi connectivity index (χ4v) is 2.52. The lowest BCUT2D eigenvalue weighted by Crippen LogP contribution is -2.38. The van der Waals surface area contributed by atoms with Gasteiger partial charge in [-0.2, -0.15) is 0 Å². The second-order valence-corrected chi connectivity index (χ2v) is 5.51. The average molecular weight is 261 g/mol. The molecule has 1 aliphatic carbocycles. The third-order valence-corrected chi connectivity index (χ3v) is 4.14. The summed E-state index contributed by atoms with van der Waals surface area (Å²) in [6.07, 6.45) is 2.65. The molecule has 0 aromatic heterocycles. The Balaban J connectivity index is 2.10. The molecule has 4 heteroatoms. The third-order valence-electron chi connectivity index (χ3n) is 4.14. The zero-order chi connectivity index (χ0) is 13.8. The van der Waals surface area contributed by atoms with Gasteiger partial charge in [0.2, 0.25) is 0 Å². The summed E-state index contributed by atoms with van der Waals surface area (Å²) < 4.78 is 0. The fraction of sp³-hybridized carbons (Fsp3) is 0.533. The number of nitrogens with two attached hydrogens (primary N) is 1. The van der Waals surface area contributed by atoms with Gasteiger partial charge in [0, 0.05) is 12.6 Å². The zero-order valence-electron chi connectivity index (χ0n) is 11.7. The van der Waals surface area contributed by atoms with Crippen molar-refractivity contribution in [3.8, 4) is 0 Å². The summed E-state index contributed by atoms with van der Waals surface area (Å²) in [7, 11) is 2.11. The number of amidine groups is 1. The van der Waals surface area contributed by atoms with Crippen LogP contribution in [-0.4, -0.2) is 35.6 Å². The largest absolute Gasteiger partial charge is 0.409 e. The van der Waals surface area contributed by atoms with Crippen molar-refractivity contribution in [2.24, 2.45) is 16.8 Å². The summed E-state index contributed by atoms with van der Waals surface area (Å²) >= 11 is 0. The van der Waals surface area contributed by atoms with Crippen molar-refractivity contribution in [1.82, 2.24) is 4.90 Å². The molecule has 0 amide bonds. The molecular formula is C15H23N3O. The van der Waals surface area contributed by atoms with Crippen LogP contribution in [0.2, 0.25) is 0 Å². The lowest BCUT2D eigenvalue weighted by Gasteiger charge is -2.28. The Hall–Kier alpha value is -1.55. The number of hydrogen-bond donors (Lipinski definition) is 2. The molecule has 2 atom stereocenters. The molecule has 1 saturated carbocycles. The van der Waals surface area contributed by atoms with E-state index in [2.05, 4.69) is 24.0 Å². The van der Waals surface area contributed by atoms with Crippen LogP contribution in [0.1, 0.15) is 31.2 Å². The van der Waals surface area contributed by atoms with E-state index in [-0.39, 0.29) is 11.8 Å². The first-order valence-electron chi connectivity index (χ1n) is 6.86. The van der Waals surface area contributed by atoms with Gasteiger partial charge >= 0.3 is 0 Å². The zero-order valence-corrected chi connectivity index (χ0v) is 11.7. The Bertz CT molecular complexity index is 428. The third kappa shape index (κ3) is 3.47. The molecule has 1 aromatic rings. The Morgan fingerprint density at radius 3 is 2.58 bits per heavy atom. The van der Waals surface area contributed by atoms with Crippen molar-refractivity contribution in [1.29, 1.82) is 0 Å². The number of likely N-dealkylation sites (N-methyl/N-ethyl adjacent to an activating group) is 1. The number of rotatable bonds is 6. The van der Waals surface area contributed by atoms with E-state index in [0.29, 0.717) is 6.04 Å². The molecule has 0 radical (unpaired) electrons. The molecule has 2 unspecified atom stereocenters. The Morgan fingerprint density at radius 1 is 1.42 bits per heavy atom. The maximum Gasteiger partial charge on any atom is 0.147 e. The lowest BCUT2D eigenvalue weighted by molar-refractivity contribution is 0.230. The Labute approximate surface area is 114 Å². The molecule has 4 nitrogen and oxygen atoms in total. The van der Waals surface area contributed by atoms with Gasteiger partial charge in [-0.05, 0) is 38.3 Å². The molecule has 0 bridgehead atoms. The van der Waals surface area contributed by atoms with E-state index in [1.807, 2.05) is 30.3 Å². The van der Waals surface area contributed by atoms with Gasteiger partial charge in [0.1, 0.15) is 5.84 Å². The van der Waals surface area contributed by atoms with Crippen molar-refractivity contribution >= 4 is 5.84 Å². The SMILES string of the molecule is CC(C1CC1)N(C)CC(C(N)=NO)c1ccccc1. The van der Waals surface area contributed by atoms with Crippen molar-refractivity contribution in [2.45, 2.75) is 31.7 Å². The second kappa shape index (κ2) is 6.06. The number of hydrogen-bond acceptors (Lipinski definition) is 3. The highest BCUT2D eigenvalue weighted by atomic mass is 16.4. The standard InChI is InChI=1S/C15H23N3O/c1-11(12-8-9-12)18(2)10-14(15(16)17-19)13-6-4-3-5-7-13/h3-7,11-12,14,19H,8-10H2,1-2H3,(H2,16,17). The van der Waals surface area contributed by atoms with E-state index in [1.165, 1.54) is 12.8 Å².